The van der Waals surface area contributed by atoms with E-state index in [-0.39, 0.29) is 0 Å². The van der Waals surface area contributed by atoms with Crippen LogP contribution < -0.4 is 0 Å². The summed E-state index contributed by atoms with van der Waals surface area (Å²) >= 11 is 0. The lowest BCUT2D eigenvalue weighted by molar-refractivity contribution is 1.54. The summed E-state index contributed by atoms with van der Waals surface area (Å²) in [6.45, 7) is 4.55. The second-order valence-corrected chi connectivity index (χ2v) is 7.86. The highest BCUT2D eigenvalue weighted by molar-refractivity contribution is 6.20. The molecule has 0 N–H and O–H groups in total. The Labute approximate surface area is 164 Å². The maximum absolute atomic E-state index is 2.41. The van der Waals surface area contributed by atoms with Crippen LogP contribution in [0.15, 0.2) is 84.9 Å². The van der Waals surface area contributed by atoms with Crippen molar-refractivity contribution >= 4 is 53.9 Å². The molecule has 6 aromatic carbocycles. The van der Waals surface area contributed by atoms with E-state index in [2.05, 4.69) is 98.8 Å². The minimum atomic E-state index is 1.30. The van der Waals surface area contributed by atoms with Crippen LogP contribution in [-0.2, 0) is 0 Å². The highest BCUT2D eigenvalue weighted by atomic mass is 14.2. The SMILES string of the molecule is Cc1c2cc3c(ccc4ccccc43)cc2c(C)c2c1ccc1ccccc12. The fourth-order valence-electron chi connectivity index (χ4n) is 4.94. The van der Waals surface area contributed by atoms with E-state index < -0.39 is 0 Å². The van der Waals surface area contributed by atoms with Crippen molar-refractivity contribution in [1.82, 2.24) is 0 Å². The Morgan fingerprint density at radius 3 is 1.82 bits per heavy atom. The summed E-state index contributed by atoms with van der Waals surface area (Å²) in [6.07, 6.45) is 0. The molecule has 0 amide bonds. The molecule has 0 bridgehead atoms. The second kappa shape index (κ2) is 5.56. The number of aryl methyl sites for hydroxylation is 2. The van der Waals surface area contributed by atoms with Gasteiger partial charge in [-0.05, 0) is 91.0 Å². The predicted molar refractivity (Wildman–Crippen MR) is 123 cm³/mol. The number of hydrogen-bond donors (Lipinski definition) is 0. The van der Waals surface area contributed by atoms with Crippen molar-refractivity contribution in [2.24, 2.45) is 0 Å². The van der Waals surface area contributed by atoms with Gasteiger partial charge in [0, 0.05) is 0 Å². The van der Waals surface area contributed by atoms with Crippen LogP contribution in [0.1, 0.15) is 11.1 Å². The number of benzene rings is 6. The summed E-state index contributed by atoms with van der Waals surface area (Å²) in [5.74, 6) is 0. The molecule has 0 fully saturated rings. The third kappa shape index (κ3) is 2.00. The molecule has 0 aromatic heterocycles. The van der Waals surface area contributed by atoms with E-state index in [0.29, 0.717) is 0 Å². The molecular weight excluding hydrogens is 336 g/mol. The van der Waals surface area contributed by atoms with E-state index in [9.17, 15) is 0 Å². The van der Waals surface area contributed by atoms with Crippen LogP contribution >= 0.6 is 0 Å². The van der Waals surface area contributed by atoms with Crippen molar-refractivity contribution in [3.8, 4) is 0 Å². The molecule has 0 heterocycles. The van der Waals surface area contributed by atoms with Gasteiger partial charge < -0.3 is 0 Å². The molecule has 0 nitrogen and oxygen atoms in total. The molecule has 0 heteroatoms. The molecule has 6 rings (SSSR count). The molecule has 0 atom stereocenters. The molecule has 0 unspecified atom stereocenters. The molecule has 28 heavy (non-hydrogen) atoms. The lowest BCUT2D eigenvalue weighted by Crippen LogP contribution is -1.90. The zero-order chi connectivity index (χ0) is 18.8. The maximum atomic E-state index is 2.41. The van der Waals surface area contributed by atoms with Crippen LogP contribution in [0.4, 0.5) is 0 Å². The van der Waals surface area contributed by atoms with E-state index in [0.717, 1.165) is 0 Å². The highest BCUT2D eigenvalue weighted by Crippen LogP contribution is 2.39. The Kier molecular flexibility index (Phi) is 3.11. The van der Waals surface area contributed by atoms with Crippen molar-refractivity contribution in [2.75, 3.05) is 0 Å². The summed E-state index contributed by atoms with van der Waals surface area (Å²) < 4.78 is 0. The first-order valence-electron chi connectivity index (χ1n) is 9.88. The molecule has 6 aromatic rings. The Morgan fingerprint density at radius 2 is 1.00 bits per heavy atom. The van der Waals surface area contributed by atoms with Crippen molar-refractivity contribution in [2.45, 2.75) is 13.8 Å². The van der Waals surface area contributed by atoms with Crippen LogP contribution in [-0.4, -0.2) is 0 Å². The lowest BCUT2D eigenvalue weighted by Gasteiger charge is -2.16. The molecule has 0 spiro atoms. The van der Waals surface area contributed by atoms with Gasteiger partial charge >= 0.3 is 0 Å². The average molecular weight is 356 g/mol. The summed E-state index contributed by atoms with van der Waals surface area (Å²) in [7, 11) is 0. The van der Waals surface area contributed by atoms with Gasteiger partial charge in [0.05, 0.1) is 0 Å². The first kappa shape index (κ1) is 15.7. The van der Waals surface area contributed by atoms with Gasteiger partial charge in [0.1, 0.15) is 0 Å². The minimum Gasteiger partial charge on any atom is -0.0616 e. The van der Waals surface area contributed by atoms with E-state index in [1.807, 2.05) is 0 Å². The van der Waals surface area contributed by atoms with E-state index in [1.165, 1.54) is 65.0 Å². The van der Waals surface area contributed by atoms with E-state index in [4.69, 9.17) is 0 Å². The fraction of sp³-hybridized carbons (Fsp3) is 0.0714. The smallest absolute Gasteiger partial charge is 0.00670 e. The van der Waals surface area contributed by atoms with Gasteiger partial charge in [-0.25, -0.2) is 0 Å². The molecule has 132 valence electrons. The van der Waals surface area contributed by atoms with Gasteiger partial charge in [0.15, 0.2) is 0 Å². The summed E-state index contributed by atoms with van der Waals surface area (Å²) in [6, 6.07) is 31.3. The van der Waals surface area contributed by atoms with E-state index >= 15 is 0 Å². The van der Waals surface area contributed by atoms with Crippen molar-refractivity contribution < 1.29 is 0 Å². The molecule has 0 radical (unpaired) electrons. The number of rotatable bonds is 0. The van der Waals surface area contributed by atoms with Crippen molar-refractivity contribution in [3.05, 3.63) is 96.1 Å². The summed E-state index contributed by atoms with van der Waals surface area (Å²) in [5, 5.41) is 13.4. The summed E-state index contributed by atoms with van der Waals surface area (Å²) in [4.78, 5) is 0. The van der Waals surface area contributed by atoms with Gasteiger partial charge in [-0.15, -0.1) is 0 Å². The molecule has 0 aliphatic heterocycles. The van der Waals surface area contributed by atoms with Gasteiger partial charge in [-0.2, -0.15) is 0 Å². The van der Waals surface area contributed by atoms with Crippen LogP contribution in [0, 0.1) is 13.8 Å². The Hall–Kier alpha value is -3.38. The zero-order valence-corrected chi connectivity index (χ0v) is 16.1. The van der Waals surface area contributed by atoms with Crippen molar-refractivity contribution in [3.63, 3.8) is 0 Å². The third-order valence-corrected chi connectivity index (χ3v) is 6.40. The largest absolute Gasteiger partial charge is 0.0616 e. The average Bonchev–Trinajstić information content (AvgIpc) is 2.75. The standard InChI is InChI=1S/C28H20/c1-17-22-14-13-20-8-4-6-10-24(20)28(22)18(2)25-15-21-12-11-19-7-3-5-9-23(19)27(21)16-26(17)25/h3-16H,1-2H3. The first-order valence-corrected chi connectivity index (χ1v) is 9.88. The first-order chi connectivity index (χ1) is 13.7. The Morgan fingerprint density at radius 1 is 0.393 bits per heavy atom. The maximum Gasteiger partial charge on any atom is -0.00670 e. The molecule has 0 aliphatic rings. The number of hydrogen-bond acceptors (Lipinski definition) is 0. The highest BCUT2D eigenvalue weighted by Gasteiger charge is 2.13. The Bertz CT molecular complexity index is 1570. The van der Waals surface area contributed by atoms with Crippen LogP contribution in [0.3, 0.4) is 0 Å². The molecule has 0 aliphatic carbocycles. The van der Waals surface area contributed by atoms with Crippen LogP contribution in [0.5, 0.6) is 0 Å². The van der Waals surface area contributed by atoms with Crippen LogP contribution in [0.25, 0.3) is 53.9 Å². The predicted octanol–water partition coefficient (Wildman–Crippen LogP) is 8.07. The summed E-state index contributed by atoms with van der Waals surface area (Å²) in [5.41, 5.74) is 2.75. The Balaban J connectivity index is 1.87. The van der Waals surface area contributed by atoms with Gasteiger partial charge in [-0.1, -0.05) is 72.8 Å². The minimum absolute atomic E-state index is 1.30. The van der Waals surface area contributed by atoms with Gasteiger partial charge in [0.2, 0.25) is 0 Å². The van der Waals surface area contributed by atoms with Crippen LogP contribution in [0.2, 0.25) is 0 Å². The van der Waals surface area contributed by atoms with Gasteiger partial charge in [-0.3, -0.25) is 0 Å². The fourth-order valence-corrected chi connectivity index (χ4v) is 4.94. The molecule has 0 saturated heterocycles. The van der Waals surface area contributed by atoms with E-state index in [1.54, 1.807) is 0 Å². The monoisotopic (exact) mass is 356 g/mol. The zero-order valence-electron chi connectivity index (χ0n) is 16.1. The normalized spacial score (nSPS) is 11.9. The quantitative estimate of drug-likeness (QED) is 0.191. The van der Waals surface area contributed by atoms with Crippen molar-refractivity contribution in [1.29, 1.82) is 0 Å². The second-order valence-electron chi connectivity index (χ2n) is 7.86. The number of fused-ring (bicyclic) bond motifs is 7. The topological polar surface area (TPSA) is 0 Å². The molecular formula is C28H20. The van der Waals surface area contributed by atoms with Gasteiger partial charge in [0.25, 0.3) is 0 Å². The third-order valence-electron chi connectivity index (χ3n) is 6.40. The molecule has 0 saturated carbocycles. The lowest BCUT2D eigenvalue weighted by atomic mass is 9.88.